The number of β-lactam (4-membered cyclic amide) rings is 1. The number of thiazole rings is 1. The van der Waals surface area contributed by atoms with E-state index in [-0.39, 0.29) is 15.1 Å². The second-order valence-corrected chi connectivity index (χ2v) is 7.75. The average molecular weight is 481 g/mol. The molecule has 1 aromatic rings. The van der Waals surface area contributed by atoms with Crippen LogP contribution in [0.3, 0.4) is 0 Å². The Balaban J connectivity index is 2.24. The fraction of sp³-hybridized carbons (Fsp3) is 0.385. The molecule has 2 atom stereocenters. The summed E-state index contributed by atoms with van der Waals surface area (Å²) in [6, 6.07) is -3.08. The molecule has 1 fully saturated rings. The Morgan fingerprint density at radius 3 is 2.61 bits per heavy atom. The predicted octanol–water partition coefficient (Wildman–Crippen LogP) is -2.19. The maximum atomic E-state index is 12.6. The zero-order valence-corrected chi connectivity index (χ0v) is 17.1. The first kappa shape index (κ1) is 23.8. The molecule has 170 valence electrons. The van der Waals surface area contributed by atoms with E-state index in [9.17, 15) is 32.1 Å². The summed E-state index contributed by atoms with van der Waals surface area (Å²) in [7, 11) is -4.05. The van der Waals surface area contributed by atoms with Gasteiger partial charge in [0.2, 0.25) is 6.61 Å². The molecule has 0 aliphatic carbocycles. The zero-order valence-electron chi connectivity index (χ0n) is 15.5. The van der Waals surface area contributed by atoms with Crippen LogP contribution in [0.5, 0.6) is 0 Å². The number of aliphatic carboxylic acids is 1. The number of nitrogen functional groups attached to an aromatic ring is 1. The van der Waals surface area contributed by atoms with Crippen LogP contribution in [0.1, 0.15) is 5.69 Å². The summed E-state index contributed by atoms with van der Waals surface area (Å²) in [5.74, 6) is -3.75. The number of nitrogens with zero attached hydrogens (tertiary/aromatic N) is 3. The van der Waals surface area contributed by atoms with E-state index in [1.807, 2.05) is 0 Å². The monoisotopic (exact) mass is 481 g/mol. The van der Waals surface area contributed by atoms with Gasteiger partial charge in [0.05, 0.1) is 7.11 Å². The molecular formula is C13H15N5O11S2. The first-order valence-corrected chi connectivity index (χ1v) is 10.2. The Bertz CT molecular complexity index is 1020. The van der Waals surface area contributed by atoms with Gasteiger partial charge < -0.3 is 30.5 Å². The van der Waals surface area contributed by atoms with E-state index in [1.165, 1.54) is 5.38 Å². The number of methoxy groups -OCH3 is 1. The number of nitrogens with one attached hydrogen (secondary N) is 1. The van der Waals surface area contributed by atoms with E-state index in [1.54, 1.807) is 0 Å². The summed E-state index contributed by atoms with van der Waals surface area (Å²) in [5.41, 5.74) is 4.80. The van der Waals surface area contributed by atoms with Crippen LogP contribution in [0.15, 0.2) is 10.5 Å². The number of ether oxygens (including phenoxy) is 2. The van der Waals surface area contributed by atoms with Crippen molar-refractivity contribution in [1.29, 1.82) is 0 Å². The number of rotatable bonds is 9. The maximum absolute atomic E-state index is 12.6. The topological polar surface area (TPSA) is 237 Å². The van der Waals surface area contributed by atoms with Gasteiger partial charge in [-0.3, -0.25) is 14.1 Å². The van der Waals surface area contributed by atoms with Crippen LogP contribution in [0, 0.1) is 0 Å². The van der Waals surface area contributed by atoms with E-state index < -0.39 is 65.3 Å². The SMILES string of the molecule is COC(=O)OCC1C(NC(=O)C(=NOCC(=O)O)c2csc(N)n2)C(=O)N1S(=O)(=O)O. The number of hydrogen-bond donors (Lipinski definition) is 4. The number of oxime groups is 1. The van der Waals surface area contributed by atoms with Crippen molar-refractivity contribution in [2.24, 2.45) is 5.16 Å². The highest BCUT2D eigenvalue weighted by molar-refractivity contribution is 7.84. The van der Waals surface area contributed by atoms with E-state index in [0.29, 0.717) is 0 Å². The quantitative estimate of drug-likeness (QED) is 0.0965. The molecule has 2 unspecified atom stereocenters. The lowest BCUT2D eigenvalue weighted by Gasteiger charge is -2.43. The molecule has 2 amide bonds. The van der Waals surface area contributed by atoms with Crippen LogP contribution in [0.25, 0.3) is 0 Å². The molecule has 0 saturated carbocycles. The zero-order chi connectivity index (χ0) is 23.3. The van der Waals surface area contributed by atoms with Crippen LogP contribution in [-0.4, -0.2) is 89.4 Å². The van der Waals surface area contributed by atoms with E-state index >= 15 is 0 Å². The molecule has 0 spiro atoms. The molecule has 0 bridgehead atoms. The standard InChI is InChI=1S/C13H15N5O11S2/c1-27-13(23)28-2-6-9(11(22)18(6)31(24,25)26)16-10(21)8(17-29-3-7(19)20)5-4-30-12(14)15-5/h4,6,9H,2-3H2,1H3,(H2,14,15)(H,16,21)(H,19,20)(H,24,25,26). The van der Waals surface area contributed by atoms with Crippen molar-refractivity contribution in [2.75, 3.05) is 26.1 Å². The smallest absolute Gasteiger partial charge is 0.479 e. The molecule has 1 aromatic heterocycles. The molecule has 0 radical (unpaired) electrons. The number of anilines is 1. The van der Waals surface area contributed by atoms with Gasteiger partial charge in [-0.05, 0) is 0 Å². The molecule has 18 heteroatoms. The second-order valence-electron chi connectivity index (χ2n) is 5.57. The van der Waals surface area contributed by atoms with Gasteiger partial charge in [-0.15, -0.1) is 11.3 Å². The summed E-state index contributed by atoms with van der Waals surface area (Å²) in [6.45, 7) is -1.65. The van der Waals surface area contributed by atoms with Crippen LogP contribution >= 0.6 is 11.3 Å². The Kier molecular flexibility index (Phi) is 7.31. The van der Waals surface area contributed by atoms with Gasteiger partial charge in [0, 0.05) is 5.38 Å². The first-order chi connectivity index (χ1) is 14.5. The minimum Gasteiger partial charge on any atom is -0.479 e. The van der Waals surface area contributed by atoms with Crippen molar-refractivity contribution >= 4 is 56.4 Å². The lowest BCUT2D eigenvalue weighted by molar-refractivity contribution is -0.147. The molecule has 1 aliphatic heterocycles. The number of carboxylic acid groups (broad SMARTS) is 1. The Morgan fingerprint density at radius 1 is 1.42 bits per heavy atom. The third-order valence-electron chi connectivity index (χ3n) is 3.57. The molecule has 2 heterocycles. The van der Waals surface area contributed by atoms with Crippen LogP contribution in [0.2, 0.25) is 0 Å². The van der Waals surface area contributed by atoms with Gasteiger partial charge >= 0.3 is 22.4 Å². The van der Waals surface area contributed by atoms with Crippen molar-refractivity contribution in [3.8, 4) is 0 Å². The van der Waals surface area contributed by atoms with E-state index in [2.05, 4.69) is 29.8 Å². The van der Waals surface area contributed by atoms with Crippen LogP contribution < -0.4 is 11.1 Å². The summed E-state index contributed by atoms with van der Waals surface area (Å²) in [5, 5.41) is 15.5. The molecule has 2 rings (SSSR count). The fourth-order valence-electron chi connectivity index (χ4n) is 2.30. The van der Waals surface area contributed by atoms with Gasteiger partial charge in [-0.25, -0.2) is 18.9 Å². The van der Waals surface area contributed by atoms with Crippen molar-refractivity contribution in [3.05, 3.63) is 11.1 Å². The van der Waals surface area contributed by atoms with Crippen molar-refractivity contribution in [1.82, 2.24) is 14.6 Å². The summed E-state index contributed by atoms with van der Waals surface area (Å²) in [6.07, 6.45) is -1.21. The molecule has 31 heavy (non-hydrogen) atoms. The third-order valence-corrected chi connectivity index (χ3v) is 5.19. The molecular weight excluding hydrogens is 466 g/mol. The number of nitrogens with two attached hydrogens (primary N) is 1. The number of hydrogen-bond acceptors (Lipinski definition) is 13. The predicted molar refractivity (Wildman–Crippen MR) is 99.1 cm³/mol. The molecule has 1 saturated heterocycles. The summed E-state index contributed by atoms with van der Waals surface area (Å²) >= 11 is 0.922. The second kappa shape index (κ2) is 9.53. The van der Waals surface area contributed by atoms with Crippen molar-refractivity contribution in [3.63, 3.8) is 0 Å². The first-order valence-electron chi connectivity index (χ1n) is 7.91. The highest BCUT2D eigenvalue weighted by atomic mass is 32.2. The minimum absolute atomic E-state index is 0.000536. The normalized spacial score (nSPS) is 18.7. The third kappa shape index (κ3) is 5.77. The average Bonchev–Trinajstić information content (AvgIpc) is 3.10. The van der Waals surface area contributed by atoms with E-state index in [4.69, 9.17) is 10.8 Å². The van der Waals surface area contributed by atoms with Gasteiger partial charge in [-0.1, -0.05) is 5.16 Å². The molecule has 1 aliphatic rings. The number of carbonyl (C=O) groups is 4. The Labute approximate surface area is 177 Å². The maximum Gasteiger partial charge on any atom is 0.508 e. The fourth-order valence-corrected chi connectivity index (χ4v) is 3.71. The Hall–Kier alpha value is -3.51. The van der Waals surface area contributed by atoms with Crippen LogP contribution in [-0.2, 0) is 39.0 Å². The number of carbonyl (C=O) groups excluding carboxylic acids is 3. The molecule has 16 nitrogen and oxygen atoms in total. The summed E-state index contributed by atoms with van der Waals surface area (Å²) < 4.78 is 40.8. The summed E-state index contributed by atoms with van der Waals surface area (Å²) in [4.78, 5) is 54.8. The van der Waals surface area contributed by atoms with Gasteiger partial charge in [0.1, 0.15) is 24.4 Å². The van der Waals surface area contributed by atoms with Gasteiger partial charge in [0.25, 0.3) is 11.8 Å². The lowest BCUT2D eigenvalue weighted by Crippen LogP contribution is -2.73. The lowest BCUT2D eigenvalue weighted by atomic mass is 9.99. The van der Waals surface area contributed by atoms with Crippen molar-refractivity contribution in [2.45, 2.75) is 12.1 Å². The van der Waals surface area contributed by atoms with Crippen LogP contribution in [0.4, 0.5) is 9.93 Å². The number of amides is 2. The highest BCUT2D eigenvalue weighted by Gasteiger charge is 2.55. The number of carboxylic acids is 1. The largest absolute Gasteiger partial charge is 0.508 e. The van der Waals surface area contributed by atoms with Gasteiger partial charge in [-0.2, -0.15) is 8.42 Å². The molecule has 0 aromatic carbocycles. The highest BCUT2D eigenvalue weighted by Crippen LogP contribution is 2.24. The Morgan fingerprint density at radius 2 is 2.10 bits per heavy atom. The molecule has 5 N–H and O–H groups in total. The minimum atomic E-state index is -5.03. The number of aromatic nitrogens is 1. The van der Waals surface area contributed by atoms with Gasteiger partial charge in [0.15, 0.2) is 10.8 Å². The van der Waals surface area contributed by atoms with E-state index in [0.717, 1.165) is 18.4 Å². The van der Waals surface area contributed by atoms with Crippen molar-refractivity contribution < 1.29 is 51.6 Å².